The van der Waals surface area contributed by atoms with Gasteiger partial charge in [-0.25, -0.2) is 0 Å². The van der Waals surface area contributed by atoms with Crippen molar-refractivity contribution in [1.29, 1.82) is 0 Å². The second-order valence-electron chi connectivity index (χ2n) is 4.09. The van der Waals surface area contributed by atoms with E-state index in [9.17, 15) is 18.0 Å². The quantitative estimate of drug-likeness (QED) is 0.846. The van der Waals surface area contributed by atoms with Crippen molar-refractivity contribution < 1.29 is 23.1 Å². The van der Waals surface area contributed by atoms with Gasteiger partial charge in [0.1, 0.15) is 4.33 Å². The van der Waals surface area contributed by atoms with Gasteiger partial charge in [0.2, 0.25) is 0 Å². The van der Waals surface area contributed by atoms with Gasteiger partial charge >= 0.3 is 12.1 Å². The number of carboxylic acids is 1. The Morgan fingerprint density at radius 3 is 2.39 bits per heavy atom. The highest BCUT2D eigenvalue weighted by Gasteiger charge is 2.68. The van der Waals surface area contributed by atoms with Crippen LogP contribution in [0.1, 0.15) is 17.0 Å². The average molecular weight is 299 g/mol. The van der Waals surface area contributed by atoms with Gasteiger partial charge in [0, 0.05) is 5.92 Å². The minimum absolute atomic E-state index is 0.183. The zero-order valence-electron chi connectivity index (χ0n) is 8.71. The minimum Gasteiger partial charge on any atom is -0.481 e. The number of hydrogen-bond acceptors (Lipinski definition) is 1. The summed E-state index contributed by atoms with van der Waals surface area (Å²) in [5.41, 5.74) is -0.664. The number of halogens is 5. The van der Waals surface area contributed by atoms with Crippen molar-refractivity contribution in [2.45, 2.75) is 16.4 Å². The lowest BCUT2D eigenvalue weighted by atomic mass is 10.1. The van der Waals surface area contributed by atoms with E-state index < -0.39 is 33.9 Å². The van der Waals surface area contributed by atoms with E-state index in [1.807, 2.05) is 0 Å². The van der Waals surface area contributed by atoms with Crippen LogP contribution in [0.4, 0.5) is 13.2 Å². The van der Waals surface area contributed by atoms with Crippen molar-refractivity contribution in [3.8, 4) is 0 Å². The molecule has 0 aliphatic heterocycles. The van der Waals surface area contributed by atoms with Gasteiger partial charge in [-0.05, 0) is 11.6 Å². The Morgan fingerprint density at radius 1 is 1.33 bits per heavy atom. The summed E-state index contributed by atoms with van der Waals surface area (Å²) in [7, 11) is 0. The van der Waals surface area contributed by atoms with Crippen LogP contribution in [0, 0.1) is 5.92 Å². The van der Waals surface area contributed by atoms with Crippen LogP contribution in [0.15, 0.2) is 24.3 Å². The maximum absolute atomic E-state index is 12.5. The largest absolute Gasteiger partial charge is 0.481 e. The van der Waals surface area contributed by atoms with E-state index in [4.69, 9.17) is 28.3 Å². The number of benzene rings is 1. The van der Waals surface area contributed by atoms with Crippen LogP contribution in [0.3, 0.4) is 0 Å². The van der Waals surface area contributed by atoms with Gasteiger partial charge < -0.3 is 5.11 Å². The molecule has 2 nitrogen and oxygen atoms in total. The molecule has 2 atom stereocenters. The summed E-state index contributed by atoms with van der Waals surface area (Å²) in [6.07, 6.45) is -4.48. The smallest absolute Gasteiger partial charge is 0.416 e. The molecule has 1 fully saturated rings. The number of alkyl halides is 5. The first-order valence-corrected chi connectivity index (χ1v) is 5.69. The first-order chi connectivity index (χ1) is 8.15. The fourth-order valence-electron chi connectivity index (χ4n) is 1.96. The molecule has 2 unspecified atom stereocenters. The fraction of sp³-hybridized carbons (Fsp3) is 0.364. The van der Waals surface area contributed by atoms with Gasteiger partial charge in [0.05, 0.1) is 11.5 Å². The van der Waals surface area contributed by atoms with Gasteiger partial charge in [0.15, 0.2) is 0 Å². The number of carbonyl (C=O) groups is 1. The molecule has 0 heterocycles. The van der Waals surface area contributed by atoms with Crippen molar-refractivity contribution in [1.82, 2.24) is 0 Å². The monoisotopic (exact) mass is 298 g/mol. The van der Waals surface area contributed by atoms with E-state index in [0.717, 1.165) is 12.1 Å². The second-order valence-corrected chi connectivity index (χ2v) is 5.54. The molecule has 1 N–H and O–H groups in total. The third kappa shape index (κ3) is 2.17. The molecule has 18 heavy (non-hydrogen) atoms. The molecule has 7 heteroatoms. The molecular formula is C11H7Cl2F3O2. The summed E-state index contributed by atoms with van der Waals surface area (Å²) in [6.45, 7) is 0. The van der Waals surface area contributed by atoms with Gasteiger partial charge in [0.25, 0.3) is 0 Å². The van der Waals surface area contributed by atoms with E-state index in [2.05, 4.69) is 0 Å². The zero-order chi connectivity index (χ0) is 13.7. The molecule has 1 saturated carbocycles. The molecule has 0 amide bonds. The fourth-order valence-corrected chi connectivity index (χ4v) is 2.77. The van der Waals surface area contributed by atoms with E-state index in [1.54, 1.807) is 0 Å². The highest BCUT2D eigenvalue weighted by atomic mass is 35.5. The van der Waals surface area contributed by atoms with Crippen molar-refractivity contribution in [2.75, 3.05) is 0 Å². The summed E-state index contributed by atoms with van der Waals surface area (Å²) in [5.74, 6) is -3.12. The van der Waals surface area contributed by atoms with E-state index >= 15 is 0 Å². The lowest BCUT2D eigenvalue weighted by Crippen LogP contribution is -2.05. The molecule has 1 aromatic rings. The van der Waals surface area contributed by atoms with Crippen LogP contribution >= 0.6 is 23.2 Å². The Morgan fingerprint density at radius 2 is 1.94 bits per heavy atom. The Bertz CT molecular complexity index is 499. The highest BCUT2D eigenvalue weighted by molar-refractivity contribution is 6.53. The molecule has 0 aromatic heterocycles. The number of rotatable bonds is 2. The first kappa shape index (κ1) is 13.5. The SMILES string of the molecule is O=C(O)C1C(c2cccc(C(F)(F)F)c2)C1(Cl)Cl. The molecule has 0 radical (unpaired) electrons. The van der Waals surface area contributed by atoms with Gasteiger partial charge in [-0.2, -0.15) is 13.2 Å². The standard InChI is InChI=1S/C11H7Cl2F3O2/c12-10(13)7(8(10)9(17)18)5-2-1-3-6(4-5)11(14,15)16/h1-4,7-8H,(H,17,18). The molecule has 1 aliphatic rings. The van der Waals surface area contributed by atoms with Crippen LogP contribution in [-0.4, -0.2) is 15.4 Å². The summed E-state index contributed by atoms with van der Waals surface area (Å²) in [6, 6.07) is 4.39. The van der Waals surface area contributed by atoms with Gasteiger partial charge in [-0.15, -0.1) is 0 Å². The molecule has 98 valence electrons. The van der Waals surface area contributed by atoms with Gasteiger partial charge in [-0.3, -0.25) is 4.79 Å². The number of carboxylic acid groups (broad SMARTS) is 1. The molecular weight excluding hydrogens is 292 g/mol. The first-order valence-electron chi connectivity index (χ1n) is 4.93. The molecule has 0 saturated heterocycles. The van der Waals surface area contributed by atoms with E-state index in [-0.39, 0.29) is 5.56 Å². The maximum atomic E-state index is 12.5. The average Bonchev–Trinajstić information content (AvgIpc) is 2.81. The Kier molecular flexibility index (Phi) is 3.02. The Labute approximate surface area is 110 Å². The maximum Gasteiger partial charge on any atom is 0.416 e. The highest BCUT2D eigenvalue weighted by Crippen LogP contribution is 2.65. The number of hydrogen-bond donors (Lipinski definition) is 1. The molecule has 1 aliphatic carbocycles. The normalized spacial score (nSPS) is 25.8. The second kappa shape index (κ2) is 4.03. The van der Waals surface area contributed by atoms with Crippen molar-refractivity contribution >= 4 is 29.2 Å². The molecule has 0 bridgehead atoms. The van der Waals surface area contributed by atoms with Crippen LogP contribution in [-0.2, 0) is 11.0 Å². The molecule has 2 rings (SSSR count). The predicted molar refractivity (Wildman–Crippen MR) is 59.7 cm³/mol. The van der Waals surface area contributed by atoms with Crippen molar-refractivity contribution in [3.05, 3.63) is 35.4 Å². The molecule has 0 spiro atoms. The van der Waals surface area contributed by atoms with E-state index in [1.165, 1.54) is 12.1 Å². The summed E-state index contributed by atoms with van der Waals surface area (Å²) in [4.78, 5) is 10.9. The predicted octanol–water partition coefficient (Wildman–Crippen LogP) is 3.68. The number of aliphatic carboxylic acids is 1. The van der Waals surface area contributed by atoms with Crippen molar-refractivity contribution in [3.63, 3.8) is 0 Å². The summed E-state index contributed by atoms with van der Waals surface area (Å²) in [5, 5.41) is 8.86. The Hall–Kier alpha value is -0.940. The third-order valence-electron chi connectivity index (χ3n) is 2.89. The van der Waals surface area contributed by atoms with Crippen molar-refractivity contribution in [2.24, 2.45) is 5.92 Å². The minimum atomic E-state index is -4.48. The van der Waals surface area contributed by atoms with Crippen LogP contribution in [0.25, 0.3) is 0 Å². The van der Waals surface area contributed by atoms with Gasteiger partial charge in [-0.1, -0.05) is 41.4 Å². The zero-order valence-corrected chi connectivity index (χ0v) is 10.2. The lowest BCUT2D eigenvalue weighted by Gasteiger charge is -2.08. The lowest BCUT2D eigenvalue weighted by molar-refractivity contribution is -0.138. The van der Waals surface area contributed by atoms with Crippen LogP contribution < -0.4 is 0 Å². The summed E-state index contributed by atoms with van der Waals surface area (Å²) < 4.78 is 36.0. The topological polar surface area (TPSA) is 37.3 Å². The van der Waals surface area contributed by atoms with Crippen LogP contribution in [0.2, 0.25) is 0 Å². The summed E-state index contributed by atoms with van der Waals surface area (Å²) >= 11 is 11.5. The third-order valence-corrected chi connectivity index (χ3v) is 3.83. The Balaban J connectivity index is 2.34. The van der Waals surface area contributed by atoms with Crippen LogP contribution in [0.5, 0.6) is 0 Å². The molecule has 1 aromatic carbocycles. The van der Waals surface area contributed by atoms with E-state index in [0.29, 0.717) is 0 Å².